The zero-order valence-electron chi connectivity index (χ0n) is 20.8. The van der Waals surface area contributed by atoms with Gasteiger partial charge < -0.3 is 26.4 Å². The first kappa shape index (κ1) is 25.2. The SMILES string of the molecule is OCc1ccccc1Sc1cc2nc(c1)CN[C@@H]1CCCC[C@H]1NCCNC1CCCCC1NC2. The van der Waals surface area contributed by atoms with Gasteiger partial charge in [0.15, 0.2) is 0 Å². The van der Waals surface area contributed by atoms with E-state index in [-0.39, 0.29) is 6.61 Å². The predicted molar refractivity (Wildman–Crippen MR) is 142 cm³/mol. The van der Waals surface area contributed by atoms with Crippen LogP contribution in [0.2, 0.25) is 0 Å². The summed E-state index contributed by atoms with van der Waals surface area (Å²) in [5, 5.41) is 25.2. The Kier molecular flexibility index (Phi) is 9.11. The molecular weight excluding hydrogens is 454 g/mol. The van der Waals surface area contributed by atoms with Crippen molar-refractivity contribution in [3.8, 4) is 0 Å². The van der Waals surface area contributed by atoms with Crippen molar-refractivity contribution in [2.75, 3.05) is 13.1 Å². The van der Waals surface area contributed by atoms with Gasteiger partial charge in [-0.2, -0.15) is 0 Å². The van der Waals surface area contributed by atoms with Gasteiger partial charge in [-0.3, -0.25) is 4.98 Å². The highest BCUT2D eigenvalue weighted by Crippen LogP contribution is 2.32. The monoisotopic (exact) mass is 495 g/mol. The molecule has 2 aliphatic carbocycles. The molecule has 2 saturated carbocycles. The molecule has 2 unspecified atom stereocenters. The average molecular weight is 496 g/mol. The molecule has 2 aromatic rings. The van der Waals surface area contributed by atoms with Gasteiger partial charge in [-0.1, -0.05) is 55.6 Å². The molecule has 35 heavy (non-hydrogen) atoms. The summed E-state index contributed by atoms with van der Waals surface area (Å²) >= 11 is 1.73. The average Bonchev–Trinajstić information content (AvgIpc) is 2.90. The number of nitrogens with zero attached hydrogens (tertiary/aromatic N) is 1. The van der Waals surface area contributed by atoms with Crippen LogP contribution in [0.3, 0.4) is 0 Å². The fourth-order valence-electron chi connectivity index (χ4n) is 5.95. The molecule has 190 valence electrons. The number of pyridine rings is 1. The van der Waals surface area contributed by atoms with Gasteiger partial charge in [0, 0.05) is 60.1 Å². The van der Waals surface area contributed by atoms with Crippen molar-refractivity contribution in [2.24, 2.45) is 0 Å². The Hall–Kier alpha value is -1.48. The standard InChI is InChI=1S/C28H41N5OS/c34-19-20-7-1-6-12-28(20)35-23-15-21-17-31-26-10-4-2-8-24(26)29-13-14-30-25-9-3-5-11-27(25)32-18-22(16-23)33-21/h1,6-7,12,15-16,24-27,29-32,34H,2-5,8-11,13-14,17-19H2/t24-,25?,26-,27?/m1/s1. The second-order valence-corrected chi connectivity index (χ2v) is 11.4. The minimum atomic E-state index is 0.0587. The second kappa shape index (κ2) is 12.7. The van der Waals surface area contributed by atoms with Gasteiger partial charge in [0.05, 0.1) is 18.0 Å². The van der Waals surface area contributed by atoms with E-state index in [1.165, 1.54) is 56.3 Å². The number of aliphatic hydroxyl groups is 1. The Morgan fingerprint density at radius 2 is 1.26 bits per heavy atom. The molecule has 2 heterocycles. The number of aromatic nitrogens is 1. The van der Waals surface area contributed by atoms with Crippen LogP contribution in [0.5, 0.6) is 0 Å². The summed E-state index contributed by atoms with van der Waals surface area (Å²) in [5.41, 5.74) is 3.18. The lowest BCUT2D eigenvalue weighted by molar-refractivity contribution is 0.266. The molecule has 0 saturated heterocycles. The van der Waals surface area contributed by atoms with Crippen LogP contribution in [0.25, 0.3) is 0 Å². The summed E-state index contributed by atoms with van der Waals surface area (Å²) in [4.78, 5) is 7.37. The Balaban J connectivity index is 1.40. The van der Waals surface area contributed by atoms with Crippen LogP contribution in [-0.4, -0.2) is 47.3 Å². The van der Waals surface area contributed by atoms with E-state index in [0.717, 1.165) is 48.0 Å². The first-order valence-corrected chi connectivity index (χ1v) is 14.4. The van der Waals surface area contributed by atoms with Crippen LogP contribution in [0.4, 0.5) is 0 Å². The van der Waals surface area contributed by atoms with E-state index in [0.29, 0.717) is 24.2 Å². The van der Waals surface area contributed by atoms with Crippen molar-refractivity contribution in [1.29, 1.82) is 0 Å². The fraction of sp³-hybridized carbons (Fsp3) is 0.607. The van der Waals surface area contributed by atoms with E-state index in [9.17, 15) is 5.11 Å². The van der Waals surface area contributed by atoms with Crippen LogP contribution in [0.1, 0.15) is 68.3 Å². The maximum atomic E-state index is 9.81. The first-order chi connectivity index (χ1) is 17.3. The normalized spacial score (nSPS) is 28.3. The molecule has 5 rings (SSSR count). The van der Waals surface area contributed by atoms with Gasteiger partial charge in [0.2, 0.25) is 0 Å². The highest BCUT2D eigenvalue weighted by molar-refractivity contribution is 7.99. The third-order valence-electron chi connectivity index (χ3n) is 7.84. The van der Waals surface area contributed by atoms with Crippen molar-refractivity contribution in [2.45, 2.75) is 105 Å². The van der Waals surface area contributed by atoms with Crippen molar-refractivity contribution in [1.82, 2.24) is 26.3 Å². The van der Waals surface area contributed by atoms with E-state index in [2.05, 4.69) is 39.5 Å². The number of benzene rings is 1. The van der Waals surface area contributed by atoms with E-state index in [4.69, 9.17) is 4.98 Å². The molecule has 6 nitrogen and oxygen atoms in total. The van der Waals surface area contributed by atoms with Crippen LogP contribution in [0, 0.1) is 0 Å². The lowest BCUT2D eigenvalue weighted by Crippen LogP contribution is -2.53. The molecule has 1 aromatic heterocycles. The molecule has 0 radical (unpaired) electrons. The summed E-state index contributed by atoms with van der Waals surface area (Å²) in [7, 11) is 0. The third-order valence-corrected chi connectivity index (χ3v) is 8.93. The molecule has 1 aromatic carbocycles. The summed E-state index contributed by atoms with van der Waals surface area (Å²) in [6.45, 7) is 3.70. The molecule has 1 aliphatic heterocycles. The summed E-state index contributed by atoms with van der Waals surface area (Å²) in [6.07, 6.45) is 10.2. The van der Waals surface area contributed by atoms with Gasteiger partial charge in [-0.25, -0.2) is 0 Å². The maximum Gasteiger partial charge on any atom is 0.0692 e. The Morgan fingerprint density at radius 1 is 0.743 bits per heavy atom. The molecule has 4 atom stereocenters. The zero-order chi connectivity index (χ0) is 23.9. The smallest absolute Gasteiger partial charge is 0.0692 e. The zero-order valence-corrected chi connectivity index (χ0v) is 21.6. The van der Waals surface area contributed by atoms with Crippen molar-refractivity contribution >= 4 is 11.8 Å². The minimum absolute atomic E-state index is 0.0587. The van der Waals surface area contributed by atoms with E-state index < -0.39 is 0 Å². The van der Waals surface area contributed by atoms with Crippen LogP contribution in [-0.2, 0) is 19.7 Å². The number of nitrogens with one attached hydrogen (secondary N) is 4. The van der Waals surface area contributed by atoms with E-state index in [1.807, 2.05) is 18.2 Å². The highest BCUT2D eigenvalue weighted by atomic mass is 32.2. The van der Waals surface area contributed by atoms with Gasteiger partial charge >= 0.3 is 0 Å². The summed E-state index contributed by atoms with van der Waals surface area (Å²) in [6, 6.07) is 14.6. The quantitative estimate of drug-likeness (QED) is 0.444. The molecule has 0 amide bonds. The lowest BCUT2D eigenvalue weighted by atomic mass is 9.89. The minimum Gasteiger partial charge on any atom is -0.392 e. The highest BCUT2D eigenvalue weighted by Gasteiger charge is 2.27. The molecule has 3 aliphatic rings. The fourth-order valence-corrected chi connectivity index (χ4v) is 7.00. The Bertz CT molecular complexity index is 908. The van der Waals surface area contributed by atoms with Crippen molar-refractivity contribution in [3.63, 3.8) is 0 Å². The van der Waals surface area contributed by atoms with Crippen LogP contribution >= 0.6 is 11.8 Å². The Morgan fingerprint density at radius 3 is 1.80 bits per heavy atom. The molecule has 2 bridgehead atoms. The van der Waals surface area contributed by atoms with Crippen LogP contribution in [0.15, 0.2) is 46.2 Å². The van der Waals surface area contributed by atoms with E-state index in [1.54, 1.807) is 11.8 Å². The number of aliphatic hydroxyl groups excluding tert-OH is 1. The van der Waals surface area contributed by atoms with Gasteiger partial charge in [0.25, 0.3) is 0 Å². The topological polar surface area (TPSA) is 81.2 Å². The van der Waals surface area contributed by atoms with Gasteiger partial charge in [-0.05, 0) is 49.4 Å². The summed E-state index contributed by atoms with van der Waals surface area (Å²) < 4.78 is 0. The molecule has 0 spiro atoms. The molecular formula is C28H41N5OS. The lowest BCUT2D eigenvalue weighted by Gasteiger charge is -2.34. The number of rotatable bonds is 3. The largest absolute Gasteiger partial charge is 0.392 e. The Labute approximate surface area is 214 Å². The van der Waals surface area contributed by atoms with Gasteiger partial charge in [-0.15, -0.1) is 0 Å². The molecule has 7 heteroatoms. The predicted octanol–water partition coefficient (Wildman–Crippen LogP) is 3.72. The number of fused-ring (bicyclic) bond motifs is 4. The summed E-state index contributed by atoms with van der Waals surface area (Å²) in [5.74, 6) is 0. The first-order valence-electron chi connectivity index (χ1n) is 13.6. The number of hydrogen-bond acceptors (Lipinski definition) is 7. The number of hydrogen-bond donors (Lipinski definition) is 5. The van der Waals surface area contributed by atoms with Gasteiger partial charge in [0.1, 0.15) is 0 Å². The maximum absolute atomic E-state index is 9.81. The van der Waals surface area contributed by atoms with Crippen molar-refractivity contribution < 1.29 is 5.11 Å². The molecule has 5 N–H and O–H groups in total. The second-order valence-electron chi connectivity index (χ2n) is 10.3. The van der Waals surface area contributed by atoms with Crippen LogP contribution < -0.4 is 21.3 Å². The third kappa shape index (κ3) is 6.85. The van der Waals surface area contributed by atoms with E-state index >= 15 is 0 Å². The molecule has 2 fully saturated rings. The van der Waals surface area contributed by atoms with Crippen molar-refractivity contribution in [3.05, 3.63) is 53.3 Å².